The number of carboxylic acid groups (broad SMARTS) is 1. The van der Waals surface area contributed by atoms with Crippen LogP contribution in [0.3, 0.4) is 0 Å². The van der Waals surface area contributed by atoms with Crippen LogP contribution in [0.15, 0.2) is 18.7 Å². The van der Waals surface area contributed by atoms with E-state index in [1.54, 1.807) is 23.6 Å². The highest BCUT2D eigenvalue weighted by Crippen LogP contribution is 2.14. The van der Waals surface area contributed by atoms with Crippen LogP contribution in [0.4, 0.5) is 0 Å². The number of hydrogen-bond donors (Lipinski definition) is 1. The first-order chi connectivity index (χ1) is 9.08. The van der Waals surface area contributed by atoms with E-state index in [2.05, 4.69) is 4.98 Å². The Morgan fingerprint density at radius 2 is 2.37 bits per heavy atom. The highest BCUT2D eigenvalue weighted by atomic mass is 16.5. The molecular formula is C12H17N3O4. The maximum atomic E-state index is 12.1. The number of amides is 1. The van der Waals surface area contributed by atoms with Gasteiger partial charge in [0.05, 0.1) is 19.5 Å². The summed E-state index contributed by atoms with van der Waals surface area (Å²) in [5.41, 5.74) is 0. The van der Waals surface area contributed by atoms with Crippen molar-refractivity contribution in [1.29, 1.82) is 0 Å². The second-order valence-electron chi connectivity index (χ2n) is 4.60. The lowest BCUT2D eigenvalue weighted by atomic mass is 10.2. The minimum absolute atomic E-state index is 0.00104. The van der Waals surface area contributed by atoms with Gasteiger partial charge in [-0.3, -0.25) is 4.79 Å². The molecule has 1 fully saturated rings. The number of ether oxygens (including phenoxy) is 1. The zero-order valence-corrected chi connectivity index (χ0v) is 10.7. The van der Waals surface area contributed by atoms with Gasteiger partial charge in [-0.25, -0.2) is 9.78 Å². The molecule has 0 aromatic carbocycles. The number of carbonyl (C=O) groups excluding carboxylic acids is 1. The maximum Gasteiger partial charge on any atom is 0.334 e. The molecule has 2 unspecified atom stereocenters. The van der Waals surface area contributed by atoms with Gasteiger partial charge in [-0.15, -0.1) is 0 Å². The largest absolute Gasteiger partial charge is 0.479 e. The van der Waals surface area contributed by atoms with E-state index >= 15 is 0 Å². The summed E-state index contributed by atoms with van der Waals surface area (Å²) < 4.78 is 6.94. The molecule has 1 aromatic rings. The molecule has 0 bridgehead atoms. The van der Waals surface area contributed by atoms with Gasteiger partial charge in [0.25, 0.3) is 0 Å². The van der Waals surface area contributed by atoms with E-state index in [-0.39, 0.29) is 25.1 Å². The first-order valence-electron chi connectivity index (χ1n) is 6.17. The number of morpholine rings is 1. The molecule has 1 aliphatic heterocycles. The molecule has 2 heterocycles. The van der Waals surface area contributed by atoms with Crippen molar-refractivity contribution < 1.29 is 19.4 Å². The summed E-state index contributed by atoms with van der Waals surface area (Å²) in [6.45, 7) is 2.75. The van der Waals surface area contributed by atoms with Gasteiger partial charge in [-0.1, -0.05) is 0 Å². The van der Waals surface area contributed by atoms with E-state index < -0.39 is 12.1 Å². The van der Waals surface area contributed by atoms with E-state index in [0.29, 0.717) is 13.0 Å². The molecule has 1 aliphatic rings. The van der Waals surface area contributed by atoms with E-state index in [4.69, 9.17) is 9.84 Å². The van der Waals surface area contributed by atoms with Gasteiger partial charge >= 0.3 is 5.97 Å². The monoisotopic (exact) mass is 267 g/mol. The fraction of sp³-hybridized carbons (Fsp3) is 0.583. The highest BCUT2D eigenvalue weighted by Gasteiger charge is 2.29. The predicted molar refractivity (Wildman–Crippen MR) is 65.5 cm³/mol. The normalized spacial score (nSPS) is 21.1. The number of carbonyl (C=O) groups is 2. The molecule has 0 aliphatic carbocycles. The first-order valence-corrected chi connectivity index (χ1v) is 6.17. The number of carboxylic acids is 1. The van der Waals surface area contributed by atoms with Crippen molar-refractivity contribution in [3.8, 4) is 0 Å². The van der Waals surface area contributed by atoms with Crippen molar-refractivity contribution in [3.05, 3.63) is 18.7 Å². The lowest BCUT2D eigenvalue weighted by Gasteiger charge is -2.31. The molecule has 1 N–H and O–H groups in total. The third-order valence-electron chi connectivity index (χ3n) is 3.20. The van der Waals surface area contributed by atoms with Gasteiger partial charge in [0.1, 0.15) is 0 Å². The number of aliphatic carboxylic acids is 1. The van der Waals surface area contributed by atoms with Gasteiger partial charge in [-0.2, -0.15) is 0 Å². The van der Waals surface area contributed by atoms with E-state index in [9.17, 15) is 9.59 Å². The van der Waals surface area contributed by atoms with Gasteiger partial charge in [0.15, 0.2) is 6.10 Å². The van der Waals surface area contributed by atoms with Gasteiger partial charge in [-0.05, 0) is 6.92 Å². The molecule has 2 rings (SSSR count). The molecule has 104 valence electrons. The van der Waals surface area contributed by atoms with Crippen molar-refractivity contribution in [1.82, 2.24) is 14.5 Å². The summed E-state index contributed by atoms with van der Waals surface area (Å²) in [5.74, 6) is -1.09. The van der Waals surface area contributed by atoms with Gasteiger partial charge in [0.2, 0.25) is 5.91 Å². The average Bonchev–Trinajstić information content (AvgIpc) is 2.92. The van der Waals surface area contributed by atoms with Crippen molar-refractivity contribution in [2.24, 2.45) is 0 Å². The Morgan fingerprint density at radius 3 is 3.00 bits per heavy atom. The van der Waals surface area contributed by atoms with Gasteiger partial charge < -0.3 is 19.3 Å². The molecule has 1 aromatic heterocycles. The second kappa shape index (κ2) is 5.83. The number of imidazole rings is 1. The molecule has 1 amide bonds. The maximum absolute atomic E-state index is 12.1. The Kier molecular flexibility index (Phi) is 4.16. The zero-order chi connectivity index (χ0) is 13.8. The quantitative estimate of drug-likeness (QED) is 0.839. The Hall–Kier alpha value is -1.89. The Bertz CT molecular complexity index is 446. The predicted octanol–water partition coefficient (Wildman–Crippen LogP) is 0.146. The molecule has 1 saturated heterocycles. The van der Waals surface area contributed by atoms with Crippen molar-refractivity contribution in [2.75, 3.05) is 19.7 Å². The Labute approximate surface area is 110 Å². The van der Waals surface area contributed by atoms with Crippen LogP contribution >= 0.6 is 0 Å². The van der Waals surface area contributed by atoms with Gasteiger partial charge in [0, 0.05) is 31.4 Å². The van der Waals surface area contributed by atoms with Crippen LogP contribution in [0.5, 0.6) is 0 Å². The van der Waals surface area contributed by atoms with Crippen LogP contribution in [-0.2, 0) is 14.3 Å². The second-order valence-corrected chi connectivity index (χ2v) is 4.60. The van der Waals surface area contributed by atoms with E-state index in [0.717, 1.165) is 0 Å². The van der Waals surface area contributed by atoms with Crippen molar-refractivity contribution in [2.45, 2.75) is 25.5 Å². The number of rotatable bonds is 4. The first kappa shape index (κ1) is 13.5. The fourth-order valence-electron chi connectivity index (χ4n) is 2.04. The zero-order valence-electron chi connectivity index (χ0n) is 10.7. The van der Waals surface area contributed by atoms with E-state index in [1.165, 1.54) is 0 Å². The van der Waals surface area contributed by atoms with Crippen molar-refractivity contribution >= 4 is 11.9 Å². The number of hydrogen-bond acceptors (Lipinski definition) is 4. The standard InChI is InChI=1S/C12H17N3O4/c1-9(15-3-2-13-8-15)6-11(16)14-4-5-19-10(7-14)12(17)18/h2-3,8-10H,4-7H2,1H3,(H,17,18). The van der Waals surface area contributed by atoms with Crippen LogP contribution in [0.2, 0.25) is 0 Å². The number of aromatic nitrogens is 2. The molecule has 2 atom stereocenters. The van der Waals surface area contributed by atoms with Crippen LogP contribution in [0, 0.1) is 0 Å². The molecular weight excluding hydrogens is 250 g/mol. The molecule has 0 saturated carbocycles. The lowest BCUT2D eigenvalue weighted by Crippen LogP contribution is -2.48. The summed E-state index contributed by atoms with van der Waals surface area (Å²) >= 11 is 0. The van der Waals surface area contributed by atoms with Crippen LogP contribution in [-0.4, -0.2) is 57.2 Å². The fourth-order valence-corrected chi connectivity index (χ4v) is 2.04. The van der Waals surface area contributed by atoms with Crippen LogP contribution in [0.25, 0.3) is 0 Å². The third kappa shape index (κ3) is 3.31. The molecule has 19 heavy (non-hydrogen) atoms. The van der Waals surface area contributed by atoms with Crippen LogP contribution in [0.1, 0.15) is 19.4 Å². The Morgan fingerprint density at radius 1 is 1.58 bits per heavy atom. The van der Waals surface area contributed by atoms with Crippen molar-refractivity contribution in [3.63, 3.8) is 0 Å². The summed E-state index contributed by atoms with van der Waals surface area (Å²) in [6, 6.07) is 0.00104. The summed E-state index contributed by atoms with van der Waals surface area (Å²) in [6.07, 6.45) is 4.54. The summed E-state index contributed by atoms with van der Waals surface area (Å²) in [5, 5.41) is 8.89. The SMILES string of the molecule is CC(CC(=O)N1CCOC(C(=O)O)C1)n1ccnc1. The molecule has 7 heteroatoms. The summed E-state index contributed by atoms with van der Waals surface area (Å²) in [4.78, 5) is 28.5. The molecule has 7 nitrogen and oxygen atoms in total. The highest BCUT2D eigenvalue weighted by molar-refractivity contribution is 5.79. The third-order valence-corrected chi connectivity index (χ3v) is 3.20. The lowest BCUT2D eigenvalue weighted by molar-refractivity contribution is -0.159. The molecule has 0 radical (unpaired) electrons. The summed E-state index contributed by atoms with van der Waals surface area (Å²) in [7, 11) is 0. The minimum Gasteiger partial charge on any atom is -0.479 e. The topological polar surface area (TPSA) is 84.7 Å². The number of nitrogens with zero attached hydrogens (tertiary/aromatic N) is 3. The smallest absolute Gasteiger partial charge is 0.334 e. The van der Waals surface area contributed by atoms with Crippen LogP contribution < -0.4 is 0 Å². The molecule has 0 spiro atoms. The Balaban J connectivity index is 1.91. The minimum atomic E-state index is -1.03. The van der Waals surface area contributed by atoms with E-state index in [1.807, 2.05) is 11.5 Å². The average molecular weight is 267 g/mol.